The average Bonchev–Trinajstić information content (AvgIpc) is 1.57. The van der Waals surface area contributed by atoms with E-state index in [0.717, 1.165) is 53.7 Å². The molecule has 4 N–H and O–H groups in total. The number of epoxide rings is 1. The highest BCUT2D eigenvalue weighted by atomic mass is 35.5. The first-order chi connectivity index (χ1) is 47.8. The Bertz CT molecular complexity index is 3540. The number of hydrogen-bond acceptors (Lipinski definition) is 22. The fourth-order valence-corrected chi connectivity index (χ4v) is 13.2. The zero-order chi connectivity index (χ0) is 74.2. The number of carbonyl (C=O) groups excluding carboxylic acids is 10. The van der Waals surface area contributed by atoms with Gasteiger partial charge in [0, 0.05) is 110 Å². The maximum absolute atomic E-state index is 14.4. The molecule has 2 aromatic carbocycles. The third-order valence-corrected chi connectivity index (χ3v) is 19.5. The second kappa shape index (κ2) is 36.4. The lowest BCUT2D eigenvalue weighted by atomic mass is 9.83. The number of fused-ring (bicyclic) bond motifs is 6. The van der Waals surface area contributed by atoms with Crippen molar-refractivity contribution in [2.75, 3.05) is 79.3 Å². The summed E-state index contributed by atoms with van der Waals surface area (Å²) in [6, 6.07) is 12.5. The Morgan fingerprint density at radius 2 is 1.58 bits per heavy atom. The van der Waals surface area contributed by atoms with E-state index in [1.165, 1.54) is 37.8 Å². The van der Waals surface area contributed by atoms with Crippen molar-refractivity contribution in [1.29, 1.82) is 0 Å². The first-order valence-electron chi connectivity index (χ1n) is 34.2. The van der Waals surface area contributed by atoms with Crippen LogP contribution in [0.25, 0.3) is 10.9 Å². The van der Waals surface area contributed by atoms with Crippen LogP contribution in [0.2, 0.25) is 5.02 Å². The number of likely N-dealkylation sites (N-methyl/N-ethyl adjacent to an activating group) is 1. The summed E-state index contributed by atoms with van der Waals surface area (Å²) >= 11 is 6.86. The van der Waals surface area contributed by atoms with Crippen molar-refractivity contribution in [2.24, 2.45) is 17.8 Å². The van der Waals surface area contributed by atoms with Crippen LogP contribution in [-0.4, -0.2) is 220 Å². The van der Waals surface area contributed by atoms with Gasteiger partial charge in [-0.1, -0.05) is 80.4 Å². The highest BCUT2D eigenvalue weighted by molar-refractivity contribution is 6.34. The molecule has 5 heterocycles. The standard InChI is InChI=1S/C72H100ClN7O21/c1-15-77(11)39-52-34-50-20-16-17-21-54(50)80(52)26-23-53(84)35-51(36-60(85)75-68-44(5)64(96-47(8)82)65(97-48(9)83)57(98-68)40-95-46(7)81)67(88)74-25-28-94-30-29-93-27-24-61(86)78(12)45(6)69(89)100-59-37-62(87)79(13)55-33-49(32-42(3)63(55)73)31-41(2)19-18-22-58(92-14)72(91)38-56(99-70(90)76-72)43(4)66-71(59,10)101-66/h16-22,32-34,43-45,51,56-59,64-66,68,91H,15,23-31,35-40H2,1-14H3,(H,74,88)(H,75,85)(H,76,90)/b22-18+,41-19+/t43-,44-,45+,51+,56+,57-,58-,59+,64-,65-,66?,68-,71+,72-/m1/s1. The van der Waals surface area contributed by atoms with Crippen LogP contribution in [0.4, 0.5) is 10.5 Å². The van der Waals surface area contributed by atoms with E-state index in [9.17, 15) is 53.1 Å². The van der Waals surface area contributed by atoms with Gasteiger partial charge in [-0.3, -0.25) is 43.7 Å². The number of esters is 4. The molecule has 14 atom stereocenters. The Morgan fingerprint density at radius 3 is 2.27 bits per heavy atom. The molecule has 3 aromatic rings. The van der Waals surface area contributed by atoms with Gasteiger partial charge >= 0.3 is 30.0 Å². The van der Waals surface area contributed by atoms with Crippen molar-refractivity contribution in [1.82, 2.24) is 30.3 Å². The van der Waals surface area contributed by atoms with Crippen LogP contribution in [-0.2, 0) is 110 Å². The number of benzene rings is 2. The summed E-state index contributed by atoms with van der Waals surface area (Å²) in [4.78, 5) is 139. The molecule has 101 heavy (non-hydrogen) atoms. The van der Waals surface area contributed by atoms with Crippen molar-refractivity contribution < 1.29 is 100 Å². The number of nitrogens with zero attached hydrogens (tertiary/aromatic N) is 4. The number of ketones is 1. The third kappa shape index (κ3) is 21.6. The summed E-state index contributed by atoms with van der Waals surface area (Å²) < 4.78 is 59.9. The monoisotopic (exact) mass is 1430 g/mol. The number of ether oxygens (including phenoxy) is 10. The van der Waals surface area contributed by atoms with Gasteiger partial charge in [0.2, 0.25) is 23.6 Å². The molecular formula is C72H100ClN7O21. The van der Waals surface area contributed by atoms with Crippen molar-refractivity contribution in [3.8, 4) is 0 Å². The molecule has 7 rings (SSSR count). The summed E-state index contributed by atoms with van der Waals surface area (Å²) in [6.45, 7) is 17.1. The van der Waals surface area contributed by atoms with Gasteiger partial charge in [-0.2, -0.15) is 0 Å². The molecule has 4 aliphatic rings. The van der Waals surface area contributed by atoms with Crippen molar-refractivity contribution in [2.45, 2.75) is 194 Å². The van der Waals surface area contributed by atoms with Crippen LogP contribution >= 0.6 is 11.6 Å². The number of anilines is 1. The molecule has 4 aliphatic heterocycles. The normalized spacial score (nSPS) is 26.7. The van der Waals surface area contributed by atoms with E-state index in [1.54, 1.807) is 40.0 Å². The Morgan fingerprint density at radius 1 is 0.891 bits per heavy atom. The molecule has 0 spiro atoms. The second-order valence-corrected chi connectivity index (χ2v) is 27.2. The molecule has 4 bridgehead atoms. The quantitative estimate of drug-likeness (QED) is 0.0279. The molecule has 556 valence electrons. The molecule has 0 radical (unpaired) electrons. The largest absolute Gasteiger partial charge is 0.463 e. The molecule has 0 saturated carbocycles. The minimum Gasteiger partial charge on any atom is -0.463 e. The summed E-state index contributed by atoms with van der Waals surface area (Å²) in [7, 11) is 6.42. The maximum atomic E-state index is 14.4. The average molecular weight is 1440 g/mol. The van der Waals surface area contributed by atoms with Gasteiger partial charge in [0.15, 0.2) is 11.8 Å². The van der Waals surface area contributed by atoms with Crippen molar-refractivity contribution in [3.05, 3.63) is 88.1 Å². The lowest BCUT2D eigenvalue weighted by Gasteiger charge is -2.44. The van der Waals surface area contributed by atoms with Gasteiger partial charge in [0.05, 0.1) is 62.0 Å². The number of rotatable bonds is 29. The summed E-state index contributed by atoms with van der Waals surface area (Å²) in [6.07, 6.45) is -5.23. The lowest BCUT2D eigenvalue weighted by molar-refractivity contribution is -0.235. The molecule has 5 amide bonds. The topological polar surface area (TPSA) is 337 Å². The predicted molar refractivity (Wildman–Crippen MR) is 368 cm³/mol. The highest BCUT2D eigenvalue weighted by Crippen LogP contribution is 2.49. The van der Waals surface area contributed by atoms with E-state index < -0.39 is 151 Å². The number of amides is 5. The molecule has 3 saturated heterocycles. The maximum Gasteiger partial charge on any atom is 0.409 e. The number of allylic oxidation sites excluding steroid dienone is 3. The number of Topliss-reactive ketones (excluding diaryl/α,β-unsaturated/α-hetero) is 1. The van der Waals surface area contributed by atoms with E-state index in [-0.39, 0.29) is 70.9 Å². The predicted octanol–water partition coefficient (Wildman–Crippen LogP) is 5.72. The number of nitrogens with one attached hydrogen (secondary N) is 3. The van der Waals surface area contributed by atoms with E-state index in [0.29, 0.717) is 30.2 Å². The van der Waals surface area contributed by atoms with Gasteiger partial charge in [-0.25, -0.2) is 9.59 Å². The number of para-hydroxylation sites is 1. The summed E-state index contributed by atoms with van der Waals surface area (Å²) in [5, 5.41) is 21.3. The number of hydrogen-bond donors (Lipinski definition) is 4. The molecule has 0 aliphatic carbocycles. The van der Waals surface area contributed by atoms with Crippen LogP contribution in [0.1, 0.15) is 118 Å². The molecular weight excluding hydrogens is 1330 g/mol. The number of methoxy groups -OCH3 is 1. The molecule has 1 unspecified atom stereocenters. The van der Waals surface area contributed by atoms with Crippen LogP contribution in [0.15, 0.2) is 66.3 Å². The van der Waals surface area contributed by atoms with Gasteiger partial charge in [0.1, 0.15) is 60.8 Å². The number of carbonyl (C=O) groups is 10. The SMILES string of the molecule is CCN(C)Cc1cc2ccccc2n1CCC(=O)C[C@@H](CC(=O)N[C@@H]1O[C@H](COC(C)=O)[C@@H](OC(C)=O)[C@H](OC(C)=O)[C@H]1C)C(=O)NCCOCCOCCC(=O)N(C)[C@@H](C)C(=O)O[C@H]1CC(=O)N(C)c2cc(cc(C)c2Cl)C/C(C)=C/C=C/[C@@H](OC)[C@]2(O)C[C@H](OC(=O)N2)[C@@H](C)C2O[C@]21C. The number of aliphatic hydroxyl groups is 1. The van der Waals surface area contributed by atoms with Crippen LogP contribution in [0.3, 0.4) is 0 Å². The fraction of sp³-hybridized carbons (Fsp3) is 0.611. The number of halogens is 1. The van der Waals surface area contributed by atoms with Crippen LogP contribution < -0.4 is 20.9 Å². The van der Waals surface area contributed by atoms with E-state index in [2.05, 4.69) is 31.5 Å². The van der Waals surface area contributed by atoms with Crippen LogP contribution in [0, 0.1) is 24.7 Å². The Hall–Kier alpha value is -7.83. The first kappa shape index (κ1) is 80.5. The highest BCUT2D eigenvalue weighted by Gasteiger charge is 2.65. The first-order valence-corrected chi connectivity index (χ1v) is 34.6. The van der Waals surface area contributed by atoms with Crippen molar-refractivity contribution in [3.63, 3.8) is 0 Å². The Kier molecular flexibility index (Phi) is 29.0. The van der Waals surface area contributed by atoms with Gasteiger partial charge in [0.25, 0.3) is 0 Å². The minimum atomic E-state index is -1.89. The summed E-state index contributed by atoms with van der Waals surface area (Å²) in [5.41, 5.74) is 1.68. The zero-order valence-electron chi connectivity index (χ0n) is 60.3. The Balaban J connectivity index is 0.944. The van der Waals surface area contributed by atoms with Gasteiger partial charge in [-0.05, 0) is 82.4 Å². The number of aryl methyl sites for hydroxylation is 2. The fourth-order valence-electron chi connectivity index (χ4n) is 12.9. The van der Waals surface area contributed by atoms with Crippen LogP contribution in [0.5, 0.6) is 0 Å². The lowest BCUT2D eigenvalue weighted by Crippen LogP contribution is -2.63. The number of aromatic nitrogens is 1. The molecule has 28 nitrogen and oxygen atoms in total. The minimum absolute atomic E-state index is 0.0105. The smallest absolute Gasteiger partial charge is 0.409 e. The van der Waals surface area contributed by atoms with Gasteiger partial charge in [-0.15, -0.1) is 0 Å². The summed E-state index contributed by atoms with van der Waals surface area (Å²) in [5.74, 6) is -8.11. The second-order valence-electron chi connectivity index (χ2n) is 26.8. The van der Waals surface area contributed by atoms with E-state index >= 15 is 0 Å². The molecule has 1 aromatic heterocycles. The van der Waals surface area contributed by atoms with Crippen molar-refractivity contribution >= 4 is 87.6 Å². The van der Waals surface area contributed by atoms with E-state index in [4.69, 9.17) is 59.0 Å². The third-order valence-electron chi connectivity index (χ3n) is 19.0. The molecule has 3 fully saturated rings. The van der Waals surface area contributed by atoms with E-state index in [1.807, 2.05) is 70.3 Å². The Labute approximate surface area is 594 Å². The molecule has 29 heteroatoms. The zero-order valence-corrected chi connectivity index (χ0v) is 61.1. The number of alkyl carbamates (subject to hydrolysis) is 1. The van der Waals surface area contributed by atoms with Gasteiger partial charge < -0.3 is 82.4 Å².